The van der Waals surface area contributed by atoms with E-state index < -0.39 is 57.8 Å². The minimum Gasteiger partial charge on any atom is -0.462 e. The van der Waals surface area contributed by atoms with Crippen LogP contribution in [0.1, 0.15) is 226 Å². The summed E-state index contributed by atoms with van der Waals surface area (Å²) < 4.78 is 39.4. The molecule has 2 N–H and O–H groups in total. The van der Waals surface area contributed by atoms with Crippen LogP contribution < -0.4 is 0 Å². The van der Waals surface area contributed by atoms with Crippen LogP contribution in [0.4, 0.5) is 0 Å². The number of hydrogen-bond acceptors (Lipinski definition) is 10. The molecule has 0 aliphatic heterocycles. The molecule has 0 fully saturated rings. The lowest BCUT2D eigenvalue weighted by molar-refractivity contribution is -0.161. The van der Waals surface area contributed by atoms with E-state index >= 15 is 0 Å². The molecule has 11 nitrogen and oxygen atoms in total. The van der Waals surface area contributed by atoms with Gasteiger partial charge in [0.1, 0.15) is 12.7 Å². The molecule has 0 aliphatic carbocycles. The van der Waals surface area contributed by atoms with E-state index in [0.29, 0.717) is 19.3 Å². The highest BCUT2D eigenvalue weighted by atomic mass is 31.2. The second kappa shape index (κ2) is 53.7. The number of phosphoric acid groups is 1. The highest BCUT2D eigenvalue weighted by Crippen LogP contribution is 2.43. The third kappa shape index (κ3) is 51.3. The zero-order valence-corrected chi connectivity index (χ0v) is 46.3. The number of ether oxygens (including phenoxy) is 3. The fourth-order valence-corrected chi connectivity index (χ4v) is 8.04. The monoisotopic (exact) mass is 1030 g/mol. The summed E-state index contributed by atoms with van der Waals surface area (Å²) in [5.74, 6) is -1.58. The highest BCUT2D eigenvalue weighted by molar-refractivity contribution is 7.47. The second-order valence-electron chi connectivity index (χ2n) is 18.3. The minimum absolute atomic E-state index is 0.0508. The van der Waals surface area contributed by atoms with Crippen LogP contribution in [0.25, 0.3) is 0 Å². The molecule has 0 amide bonds. The first-order valence-electron chi connectivity index (χ1n) is 28.1. The van der Waals surface area contributed by atoms with Gasteiger partial charge in [0.05, 0.1) is 19.8 Å². The summed E-state index contributed by atoms with van der Waals surface area (Å²) in [6.45, 7) is 4.30. The van der Waals surface area contributed by atoms with E-state index in [2.05, 4.69) is 99.8 Å². The Morgan fingerprint density at radius 1 is 0.403 bits per heavy atom. The summed E-state index contributed by atoms with van der Waals surface area (Å²) in [4.78, 5) is 48.4. The van der Waals surface area contributed by atoms with Crippen molar-refractivity contribution < 1.29 is 52.2 Å². The lowest BCUT2D eigenvalue weighted by Gasteiger charge is -2.21. The van der Waals surface area contributed by atoms with E-state index in [9.17, 15) is 28.9 Å². The maximum absolute atomic E-state index is 12.9. The average Bonchev–Trinajstić information content (AvgIpc) is 3.37. The summed E-state index contributed by atoms with van der Waals surface area (Å²) in [6, 6.07) is 0. The van der Waals surface area contributed by atoms with Crippen LogP contribution >= 0.6 is 7.82 Å². The van der Waals surface area contributed by atoms with Crippen molar-refractivity contribution in [2.45, 2.75) is 238 Å². The van der Waals surface area contributed by atoms with Crippen LogP contribution in [0, 0.1) is 0 Å². The van der Waals surface area contributed by atoms with E-state index in [0.717, 1.165) is 103 Å². The van der Waals surface area contributed by atoms with Crippen LogP contribution in [0.2, 0.25) is 0 Å². The van der Waals surface area contributed by atoms with Gasteiger partial charge in [0.15, 0.2) is 6.10 Å². The van der Waals surface area contributed by atoms with Crippen LogP contribution in [-0.4, -0.2) is 66.5 Å². The Bertz CT molecular complexity index is 1580. The number of carbonyl (C=O) groups is 3. The van der Waals surface area contributed by atoms with Gasteiger partial charge < -0.3 is 24.2 Å². The fourth-order valence-electron chi connectivity index (χ4n) is 7.26. The van der Waals surface area contributed by atoms with Gasteiger partial charge in [-0.25, -0.2) is 4.57 Å². The molecule has 3 atom stereocenters. The zero-order valence-electron chi connectivity index (χ0n) is 45.4. The number of carbonyl (C=O) groups excluding carboxylic acids is 3. The summed E-state index contributed by atoms with van der Waals surface area (Å²) >= 11 is 0. The van der Waals surface area contributed by atoms with E-state index in [1.807, 2.05) is 18.2 Å². The Kier molecular flexibility index (Phi) is 51.0. The Labute approximate surface area is 438 Å². The van der Waals surface area contributed by atoms with Gasteiger partial charge in [-0.1, -0.05) is 201 Å². The van der Waals surface area contributed by atoms with Crippen LogP contribution in [0.15, 0.2) is 97.2 Å². The van der Waals surface area contributed by atoms with Crippen molar-refractivity contribution in [3.63, 3.8) is 0 Å². The van der Waals surface area contributed by atoms with Crippen molar-refractivity contribution in [1.82, 2.24) is 0 Å². The third-order valence-electron chi connectivity index (χ3n) is 11.5. The molecule has 0 heterocycles. The maximum atomic E-state index is 12.9. The molecule has 0 aromatic heterocycles. The Morgan fingerprint density at radius 2 is 0.750 bits per heavy atom. The number of rotatable bonds is 51. The lowest BCUT2D eigenvalue weighted by Crippen LogP contribution is -2.30. The smallest absolute Gasteiger partial charge is 0.462 e. The molecule has 0 radical (unpaired) electrons. The quantitative estimate of drug-likeness (QED) is 0.0197. The molecule has 0 aliphatic rings. The Morgan fingerprint density at radius 3 is 1.21 bits per heavy atom. The number of esters is 3. The number of aliphatic hydroxyl groups excluding tert-OH is 1. The summed E-state index contributed by atoms with van der Waals surface area (Å²) in [5.41, 5.74) is 0. The van der Waals surface area contributed by atoms with Gasteiger partial charge in [0.2, 0.25) is 0 Å². The van der Waals surface area contributed by atoms with Gasteiger partial charge in [-0.2, -0.15) is 0 Å². The molecule has 0 spiro atoms. The summed E-state index contributed by atoms with van der Waals surface area (Å²) in [6.07, 6.45) is 62.4. The van der Waals surface area contributed by atoms with Crippen molar-refractivity contribution in [1.29, 1.82) is 0 Å². The highest BCUT2D eigenvalue weighted by Gasteiger charge is 2.28. The van der Waals surface area contributed by atoms with E-state index in [-0.39, 0.29) is 25.9 Å². The van der Waals surface area contributed by atoms with Gasteiger partial charge in [-0.15, -0.1) is 0 Å². The van der Waals surface area contributed by atoms with Gasteiger partial charge in [0, 0.05) is 19.3 Å². The van der Waals surface area contributed by atoms with Crippen molar-refractivity contribution in [2.75, 3.05) is 26.4 Å². The molecule has 0 aromatic rings. The van der Waals surface area contributed by atoms with E-state index in [1.165, 1.54) is 64.2 Å². The lowest BCUT2D eigenvalue weighted by atomic mass is 10.1. The first-order chi connectivity index (χ1) is 35.2. The molecular weight excluding hydrogens is 928 g/mol. The Hall–Kier alpha value is -3.60. The molecule has 412 valence electrons. The zero-order chi connectivity index (χ0) is 52.7. The standard InChI is InChI=1S/C60H101O11P/c1-4-7-10-13-16-19-22-25-27-28-30-32-34-37-40-43-46-49-58(62)67-53-57(71-60(64)51-48-45-42-39-36-33-29-26-23-20-17-14-11-8-5-2)55-69-72(65,66)68-54-56(52-61)70-59(63)50-47-44-41-38-35-31-24-21-18-15-12-9-6-3/h8-9,11-12,17-18,20-21,25-27,29,31,35,41,44,56-57,61H,4-7,10,13-16,19,22-24,28,30,32-34,36-40,42-43,45-55H2,1-3H3,(H,65,66)/b11-8-,12-9-,20-17-,21-18-,27-25-,29-26-,35-31-,44-41-. The van der Waals surface area contributed by atoms with Crippen molar-refractivity contribution >= 4 is 25.7 Å². The third-order valence-corrected chi connectivity index (χ3v) is 12.4. The van der Waals surface area contributed by atoms with Gasteiger partial charge in [-0.3, -0.25) is 23.4 Å². The molecular formula is C60H101O11P. The molecule has 0 saturated carbocycles. The molecule has 72 heavy (non-hydrogen) atoms. The molecule has 0 saturated heterocycles. The molecule has 3 unspecified atom stereocenters. The number of phosphoric ester groups is 1. The average molecular weight is 1030 g/mol. The van der Waals surface area contributed by atoms with Gasteiger partial charge >= 0.3 is 25.7 Å². The van der Waals surface area contributed by atoms with Crippen LogP contribution in [0.3, 0.4) is 0 Å². The second-order valence-corrected chi connectivity index (χ2v) is 19.8. The molecule has 0 bridgehead atoms. The van der Waals surface area contributed by atoms with Crippen LogP contribution in [-0.2, 0) is 42.2 Å². The first-order valence-corrected chi connectivity index (χ1v) is 29.6. The number of allylic oxidation sites excluding steroid dienone is 16. The maximum Gasteiger partial charge on any atom is 0.472 e. The van der Waals surface area contributed by atoms with Gasteiger partial charge in [-0.05, 0) is 103 Å². The summed E-state index contributed by atoms with van der Waals surface area (Å²) in [5, 5.41) is 9.78. The largest absolute Gasteiger partial charge is 0.472 e. The number of aliphatic hydroxyl groups is 1. The number of unbranched alkanes of at least 4 members (excludes halogenated alkanes) is 18. The summed E-state index contributed by atoms with van der Waals surface area (Å²) in [7, 11) is -4.77. The molecule has 0 rings (SSSR count). The first kappa shape index (κ1) is 68.4. The SMILES string of the molecule is CC/C=C\C/C=C\C/C=C\C/C=C\CCC(=O)OC(CO)COP(=O)(O)OCC(COC(=O)CCCCCCCCC/C=C\CCCCCCCC)OC(=O)CCCCCCC/C=C\C/C=C\C/C=C\CC. The fraction of sp³-hybridized carbons (Fsp3) is 0.683. The Balaban J connectivity index is 4.82. The van der Waals surface area contributed by atoms with Crippen molar-refractivity contribution in [3.8, 4) is 0 Å². The van der Waals surface area contributed by atoms with Gasteiger partial charge in [0.25, 0.3) is 0 Å². The minimum atomic E-state index is -4.77. The van der Waals surface area contributed by atoms with Crippen molar-refractivity contribution in [2.24, 2.45) is 0 Å². The molecule has 0 aromatic carbocycles. The van der Waals surface area contributed by atoms with E-state index in [1.54, 1.807) is 0 Å². The normalized spacial score (nSPS) is 14.1. The van der Waals surface area contributed by atoms with Crippen LogP contribution in [0.5, 0.6) is 0 Å². The predicted octanol–water partition coefficient (Wildman–Crippen LogP) is 16.5. The van der Waals surface area contributed by atoms with Crippen molar-refractivity contribution in [3.05, 3.63) is 97.2 Å². The van der Waals surface area contributed by atoms with E-state index in [4.69, 9.17) is 23.3 Å². The number of hydrogen-bond donors (Lipinski definition) is 2. The molecule has 12 heteroatoms. The topological polar surface area (TPSA) is 155 Å². The predicted molar refractivity (Wildman–Crippen MR) is 297 cm³/mol.